The number of anilines is 1. The standard InChI is InChI=1S/C18H24N4O2S/c1-18(2,3)22-25(23,24)15-7-5-4-6-14(15)12-20-16-10-11-19-17(21-16)13-8-9-13/h4-7,10-11,13,22H,8-9,12H2,1-3H3,(H,19,20,21). The molecule has 1 aliphatic rings. The van der Waals surface area contributed by atoms with Gasteiger partial charge in [0.25, 0.3) is 0 Å². The minimum atomic E-state index is -3.59. The van der Waals surface area contributed by atoms with E-state index in [-0.39, 0.29) is 4.90 Å². The van der Waals surface area contributed by atoms with Crippen LogP contribution >= 0.6 is 0 Å². The van der Waals surface area contributed by atoms with E-state index < -0.39 is 15.6 Å². The molecule has 0 spiro atoms. The highest BCUT2D eigenvalue weighted by atomic mass is 32.2. The highest BCUT2D eigenvalue weighted by Crippen LogP contribution is 2.38. The van der Waals surface area contributed by atoms with Gasteiger partial charge in [-0.2, -0.15) is 0 Å². The van der Waals surface area contributed by atoms with E-state index in [2.05, 4.69) is 20.0 Å². The van der Waals surface area contributed by atoms with E-state index in [1.807, 2.05) is 32.9 Å². The summed E-state index contributed by atoms with van der Waals surface area (Å²) in [5, 5.41) is 3.22. The molecular weight excluding hydrogens is 336 g/mol. The van der Waals surface area contributed by atoms with E-state index in [9.17, 15) is 8.42 Å². The lowest BCUT2D eigenvalue weighted by Crippen LogP contribution is -2.40. The van der Waals surface area contributed by atoms with Crippen LogP contribution in [0, 0.1) is 0 Å². The number of hydrogen-bond acceptors (Lipinski definition) is 5. The van der Waals surface area contributed by atoms with Gasteiger partial charge in [0, 0.05) is 24.2 Å². The molecule has 3 rings (SSSR count). The van der Waals surface area contributed by atoms with Crippen molar-refractivity contribution in [1.82, 2.24) is 14.7 Å². The normalized spacial score (nSPS) is 15.2. The Hall–Kier alpha value is -1.99. The first-order valence-electron chi connectivity index (χ1n) is 8.43. The molecular formula is C18H24N4O2S. The number of hydrogen-bond donors (Lipinski definition) is 2. The summed E-state index contributed by atoms with van der Waals surface area (Å²) >= 11 is 0. The topological polar surface area (TPSA) is 84.0 Å². The second kappa shape index (κ2) is 6.72. The minimum absolute atomic E-state index is 0.286. The molecule has 6 nitrogen and oxygen atoms in total. The van der Waals surface area contributed by atoms with Crippen molar-refractivity contribution in [2.45, 2.75) is 56.5 Å². The lowest BCUT2D eigenvalue weighted by molar-refractivity contribution is 0.491. The molecule has 1 heterocycles. The van der Waals surface area contributed by atoms with Gasteiger partial charge in [0.1, 0.15) is 11.6 Å². The van der Waals surface area contributed by atoms with Crippen molar-refractivity contribution in [3.63, 3.8) is 0 Å². The van der Waals surface area contributed by atoms with Gasteiger partial charge >= 0.3 is 0 Å². The second-order valence-electron chi connectivity index (χ2n) is 7.39. The van der Waals surface area contributed by atoms with E-state index in [1.54, 1.807) is 24.4 Å². The van der Waals surface area contributed by atoms with E-state index >= 15 is 0 Å². The summed E-state index contributed by atoms with van der Waals surface area (Å²) in [7, 11) is -3.59. The van der Waals surface area contributed by atoms with Crippen LogP contribution in [0.2, 0.25) is 0 Å². The number of rotatable bonds is 6. The second-order valence-corrected chi connectivity index (χ2v) is 9.04. The highest BCUT2D eigenvalue weighted by Gasteiger charge is 2.27. The number of nitrogens with zero attached hydrogens (tertiary/aromatic N) is 2. The van der Waals surface area contributed by atoms with Gasteiger partial charge in [-0.15, -0.1) is 0 Å². The van der Waals surface area contributed by atoms with Crippen LogP contribution in [0.5, 0.6) is 0 Å². The average molecular weight is 360 g/mol. The Morgan fingerprint density at radius 2 is 1.88 bits per heavy atom. The Balaban J connectivity index is 1.78. The molecule has 0 atom stereocenters. The van der Waals surface area contributed by atoms with Crippen molar-refractivity contribution in [3.05, 3.63) is 47.9 Å². The van der Waals surface area contributed by atoms with E-state index in [0.29, 0.717) is 23.8 Å². The lowest BCUT2D eigenvalue weighted by atomic mass is 10.1. The first-order valence-corrected chi connectivity index (χ1v) is 9.92. The third-order valence-corrected chi connectivity index (χ3v) is 5.64. The number of benzene rings is 1. The van der Waals surface area contributed by atoms with E-state index in [4.69, 9.17) is 0 Å². The summed E-state index contributed by atoms with van der Waals surface area (Å²) in [6, 6.07) is 8.81. The first-order chi connectivity index (χ1) is 11.7. The maximum Gasteiger partial charge on any atom is 0.241 e. The summed E-state index contributed by atoms with van der Waals surface area (Å²) in [5.41, 5.74) is 0.163. The van der Waals surface area contributed by atoms with Gasteiger partial charge in [-0.3, -0.25) is 0 Å². The summed E-state index contributed by atoms with van der Waals surface area (Å²) < 4.78 is 28.0. The molecule has 1 aromatic carbocycles. The molecule has 25 heavy (non-hydrogen) atoms. The van der Waals surface area contributed by atoms with Crippen molar-refractivity contribution in [2.75, 3.05) is 5.32 Å². The summed E-state index contributed by atoms with van der Waals surface area (Å²) in [5.74, 6) is 2.05. The fourth-order valence-electron chi connectivity index (χ4n) is 2.57. The predicted octanol–water partition coefficient (Wildman–Crippen LogP) is 3.04. The quantitative estimate of drug-likeness (QED) is 0.827. The van der Waals surface area contributed by atoms with Crippen LogP contribution in [0.3, 0.4) is 0 Å². The predicted molar refractivity (Wildman–Crippen MR) is 97.9 cm³/mol. The number of aromatic nitrogens is 2. The molecule has 0 unspecified atom stereocenters. The van der Waals surface area contributed by atoms with Crippen LogP contribution in [0.15, 0.2) is 41.4 Å². The third-order valence-electron chi connectivity index (χ3n) is 3.78. The third kappa shape index (κ3) is 4.76. The lowest BCUT2D eigenvalue weighted by Gasteiger charge is -2.21. The van der Waals surface area contributed by atoms with Gasteiger partial charge in [0.15, 0.2) is 0 Å². The zero-order valence-electron chi connectivity index (χ0n) is 14.8. The Morgan fingerprint density at radius 1 is 1.16 bits per heavy atom. The Labute approximate surface area is 149 Å². The summed E-state index contributed by atoms with van der Waals surface area (Å²) in [6.07, 6.45) is 4.03. The molecule has 0 radical (unpaired) electrons. The number of sulfonamides is 1. The molecule has 0 bridgehead atoms. The van der Waals surface area contributed by atoms with Gasteiger partial charge in [-0.05, 0) is 51.3 Å². The van der Waals surface area contributed by atoms with Gasteiger partial charge in [-0.25, -0.2) is 23.1 Å². The molecule has 0 aliphatic heterocycles. The molecule has 2 aromatic rings. The molecule has 1 aliphatic carbocycles. The zero-order chi connectivity index (χ0) is 18.1. The molecule has 134 valence electrons. The van der Waals surface area contributed by atoms with Gasteiger partial charge < -0.3 is 5.32 Å². The molecule has 2 N–H and O–H groups in total. The molecule has 7 heteroatoms. The molecule has 0 amide bonds. The van der Waals surface area contributed by atoms with Crippen LogP contribution in [-0.4, -0.2) is 23.9 Å². The van der Waals surface area contributed by atoms with Crippen LogP contribution in [0.4, 0.5) is 5.82 Å². The average Bonchev–Trinajstić information content (AvgIpc) is 3.36. The number of nitrogens with one attached hydrogen (secondary N) is 2. The Morgan fingerprint density at radius 3 is 2.56 bits per heavy atom. The van der Waals surface area contributed by atoms with Crippen molar-refractivity contribution < 1.29 is 8.42 Å². The molecule has 1 saturated carbocycles. The van der Waals surface area contributed by atoms with Crippen molar-refractivity contribution in [1.29, 1.82) is 0 Å². The summed E-state index contributed by atoms with van der Waals surface area (Å²) in [4.78, 5) is 9.10. The maximum atomic E-state index is 12.7. The maximum absolute atomic E-state index is 12.7. The van der Waals surface area contributed by atoms with E-state index in [1.165, 1.54) is 0 Å². The van der Waals surface area contributed by atoms with Gasteiger partial charge in [-0.1, -0.05) is 18.2 Å². The van der Waals surface area contributed by atoms with Gasteiger partial charge in [0.05, 0.1) is 4.90 Å². The van der Waals surface area contributed by atoms with Gasteiger partial charge in [0.2, 0.25) is 10.0 Å². The van der Waals surface area contributed by atoms with E-state index in [0.717, 1.165) is 18.7 Å². The highest BCUT2D eigenvalue weighted by molar-refractivity contribution is 7.89. The molecule has 0 saturated heterocycles. The van der Waals surface area contributed by atoms with Crippen molar-refractivity contribution in [3.8, 4) is 0 Å². The van der Waals surface area contributed by atoms with Crippen LogP contribution in [0.25, 0.3) is 0 Å². The Bertz CT molecular complexity index is 855. The fourth-order valence-corrected chi connectivity index (χ4v) is 4.23. The van der Waals surface area contributed by atoms with Crippen LogP contribution in [0.1, 0.15) is 50.9 Å². The fraction of sp³-hybridized carbons (Fsp3) is 0.444. The van der Waals surface area contributed by atoms with Crippen LogP contribution in [-0.2, 0) is 16.6 Å². The largest absolute Gasteiger partial charge is 0.366 e. The minimum Gasteiger partial charge on any atom is -0.366 e. The first kappa shape index (κ1) is 17.8. The summed E-state index contributed by atoms with van der Waals surface area (Å²) in [6.45, 7) is 5.85. The van der Waals surface area contributed by atoms with Crippen molar-refractivity contribution in [2.24, 2.45) is 0 Å². The monoisotopic (exact) mass is 360 g/mol. The van der Waals surface area contributed by atoms with Crippen molar-refractivity contribution >= 4 is 15.8 Å². The Kier molecular flexibility index (Phi) is 4.79. The molecule has 1 aromatic heterocycles. The zero-order valence-corrected chi connectivity index (χ0v) is 15.6. The smallest absolute Gasteiger partial charge is 0.241 e. The SMILES string of the molecule is CC(C)(C)NS(=O)(=O)c1ccccc1CNc1ccnc(C2CC2)n1. The molecule has 1 fully saturated rings. The van der Waals surface area contributed by atoms with Crippen LogP contribution < -0.4 is 10.0 Å².